The van der Waals surface area contributed by atoms with Crippen LogP contribution in [0.25, 0.3) is 0 Å². The number of nitrogens with zero attached hydrogens (tertiary/aromatic N) is 2. The van der Waals surface area contributed by atoms with Gasteiger partial charge in [0.05, 0.1) is 11.4 Å². The Balaban J connectivity index is 2.27. The standard InChI is InChI=1S/C10H16N2O2S/c1-3-8(2)9-6-11-12(7-9)15(13,14)10-4-5-10/h6-8,10H,3-5H2,1-2H3. The van der Waals surface area contributed by atoms with Crippen molar-refractivity contribution in [2.45, 2.75) is 44.3 Å². The Bertz CT molecular complexity index is 446. The molecule has 2 rings (SSSR count). The average Bonchev–Trinajstić information content (AvgIpc) is 2.95. The van der Waals surface area contributed by atoms with Gasteiger partial charge in [-0.05, 0) is 30.7 Å². The number of rotatable bonds is 4. The summed E-state index contributed by atoms with van der Waals surface area (Å²) in [6.07, 6.45) is 5.87. The van der Waals surface area contributed by atoms with Crippen LogP contribution in [0.15, 0.2) is 12.4 Å². The molecule has 1 atom stereocenters. The molecule has 1 fully saturated rings. The van der Waals surface area contributed by atoms with Crippen LogP contribution in [0, 0.1) is 0 Å². The fourth-order valence-electron chi connectivity index (χ4n) is 1.47. The first-order chi connectivity index (χ1) is 7.05. The van der Waals surface area contributed by atoms with Gasteiger partial charge in [0, 0.05) is 6.20 Å². The molecule has 4 nitrogen and oxygen atoms in total. The Morgan fingerprint density at radius 1 is 1.60 bits per heavy atom. The molecule has 15 heavy (non-hydrogen) atoms. The third-order valence-electron chi connectivity index (χ3n) is 2.97. The normalized spacial score (nSPS) is 19.1. The molecular weight excluding hydrogens is 212 g/mol. The number of aromatic nitrogens is 2. The minimum Gasteiger partial charge on any atom is -0.204 e. The Morgan fingerprint density at radius 3 is 2.80 bits per heavy atom. The van der Waals surface area contributed by atoms with Gasteiger partial charge in [-0.2, -0.15) is 9.19 Å². The minimum atomic E-state index is -3.18. The average molecular weight is 228 g/mol. The van der Waals surface area contributed by atoms with Crippen molar-refractivity contribution in [2.75, 3.05) is 0 Å². The molecule has 0 radical (unpaired) electrons. The Morgan fingerprint density at radius 2 is 2.27 bits per heavy atom. The molecule has 0 bridgehead atoms. The van der Waals surface area contributed by atoms with E-state index in [-0.39, 0.29) is 5.25 Å². The molecule has 0 aliphatic heterocycles. The largest absolute Gasteiger partial charge is 0.256 e. The van der Waals surface area contributed by atoms with Crippen LogP contribution in [0.5, 0.6) is 0 Å². The molecular formula is C10H16N2O2S. The Labute approximate surface area is 90.3 Å². The van der Waals surface area contributed by atoms with Crippen molar-refractivity contribution >= 4 is 10.0 Å². The molecule has 0 amide bonds. The molecule has 1 aliphatic rings. The molecule has 84 valence electrons. The van der Waals surface area contributed by atoms with E-state index in [0.29, 0.717) is 5.92 Å². The van der Waals surface area contributed by atoms with E-state index in [1.807, 2.05) is 0 Å². The summed E-state index contributed by atoms with van der Waals surface area (Å²) < 4.78 is 24.8. The summed E-state index contributed by atoms with van der Waals surface area (Å²) in [6.45, 7) is 4.16. The first kappa shape index (κ1) is 10.7. The van der Waals surface area contributed by atoms with Crippen molar-refractivity contribution in [1.29, 1.82) is 0 Å². The van der Waals surface area contributed by atoms with Crippen LogP contribution in [0.3, 0.4) is 0 Å². The Kier molecular flexibility index (Phi) is 2.58. The highest BCUT2D eigenvalue weighted by Crippen LogP contribution is 2.30. The first-order valence-corrected chi connectivity index (χ1v) is 6.85. The van der Waals surface area contributed by atoms with Gasteiger partial charge < -0.3 is 0 Å². The predicted octanol–water partition coefficient (Wildman–Crippen LogP) is 1.74. The van der Waals surface area contributed by atoms with E-state index in [1.165, 1.54) is 0 Å². The maximum atomic E-state index is 11.8. The van der Waals surface area contributed by atoms with Crippen LogP contribution in [0.4, 0.5) is 0 Å². The molecule has 5 heteroatoms. The van der Waals surface area contributed by atoms with Crippen molar-refractivity contribution < 1.29 is 8.42 Å². The topological polar surface area (TPSA) is 52.0 Å². The second kappa shape index (κ2) is 3.63. The second-order valence-electron chi connectivity index (χ2n) is 4.20. The molecule has 1 unspecified atom stereocenters. The molecule has 0 N–H and O–H groups in total. The summed E-state index contributed by atoms with van der Waals surface area (Å²) in [5, 5.41) is 3.75. The van der Waals surface area contributed by atoms with Crippen molar-refractivity contribution in [3.8, 4) is 0 Å². The lowest BCUT2D eigenvalue weighted by Crippen LogP contribution is -2.17. The smallest absolute Gasteiger partial charge is 0.204 e. The summed E-state index contributed by atoms with van der Waals surface area (Å²) in [5.41, 5.74) is 1.00. The van der Waals surface area contributed by atoms with E-state index in [1.54, 1.807) is 12.4 Å². The van der Waals surface area contributed by atoms with Gasteiger partial charge in [0.2, 0.25) is 0 Å². The van der Waals surface area contributed by atoms with Crippen LogP contribution >= 0.6 is 0 Å². The van der Waals surface area contributed by atoms with Gasteiger partial charge in [0.25, 0.3) is 10.0 Å². The van der Waals surface area contributed by atoms with E-state index >= 15 is 0 Å². The lowest BCUT2D eigenvalue weighted by Gasteiger charge is -2.03. The molecule has 1 aliphatic carbocycles. The summed E-state index contributed by atoms with van der Waals surface area (Å²) in [5.74, 6) is 0.369. The second-order valence-corrected chi connectivity index (χ2v) is 6.27. The summed E-state index contributed by atoms with van der Waals surface area (Å²) in [4.78, 5) is 0. The van der Waals surface area contributed by atoms with E-state index in [9.17, 15) is 8.42 Å². The highest BCUT2D eigenvalue weighted by Gasteiger charge is 2.37. The van der Waals surface area contributed by atoms with Crippen molar-refractivity contribution in [2.24, 2.45) is 0 Å². The van der Waals surface area contributed by atoms with Gasteiger partial charge in [0.15, 0.2) is 0 Å². The van der Waals surface area contributed by atoms with Gasteiger partial charge in [-0.25, -0.2) is 8.42 Å². The maximum absolute atomic E-state index is 11.8. The van der Waals surface area contributed by atoms with Gasteiger partial charge in [0.1, 0.15) is 0 Å². The van der Waals surface area contributed by atoms with E-state index in [0.717, 1.165) is 28.9 Å². The van der Waals surface area contributed by atoms with Crippen LogP contribution in [0.1, 0.15) is 44.6 Å². The van der Waals surface area contributed by atoms with Crippen molar-refractivity contribution in [1.82, 2.24) is 9.19 Å². The molecule has 1 aromatic heterocycles. The monoisotopic (exact) mass is 228 g/mol. The molecule has 0 saturated heterocycles. The molecule has 0 aromatic carbocycles. The summed E-state index contributed by atoms with van der Waals surface area (Å²) in [7, 11) is -3.18. The van der Waals surface area contributed by atoms with E-state index in [4.69, 9.17) is 0 Å². The highest BCUT2D eigenvalue weighted by molar-refractivity contribution is 7.90. The van der Waals surface area contributed by atoms with Gasteiger partial charge in [-0.1, -0.05) is 13.8 Å². The third kappa shape index (κ3) is 1.93. The fourth-order valence-corrected chi connectivity index (χ4v) is 2.95. The van der Waals surface area contributed by atoms with Crippen LogP contribution in [-0.4, -0.2) is 22.9 Å². The lowest BCUT2D eigenvalue weighted by atomic mass is 10.0. The van der Waals surface area contributed by atoms with Crippen molar-refractivity contribution in [3.63, 3.8) is 0 Å². The quantitative estimate of drug-likeness (QED) is 0.788. The van der Waals surface area contributed by atoms with Crippen LogP contribution in [-0.2, 0) is 10.0 Å². The van der Waals surface area contributed by atoms with Gasteiger partial charge >= 0.3 is 0 Å². The first-order valence-electron chi connectivity index (χ1n) is 5.34. The van der Waals surface area contributed by atoms with Gasteiger partial charge in [-0.3, -0.25) is 0 Å². The Hall–Kier alpha value is -0.840. The van der Waals surface area contributed by atoms with Crippen LogP contribution < -0.4 is 0 Å². The van der Waals surface area contributed by atoms with Crippen LogP contribution in [0.2, 0.25) is 0 Å². The summed E-state index contributed by atoms with van der Waals surface area (Å²) >= 11 is 0. The third-order valence-corrected chi connectivity index (χ3v) is 5.00. The number of hydrogen-bond donors (Lipinski definition) is 0. The molecule has 0 spiro atoms. The van der Waals surface area contributed by atoms with E-state index in [2.05, 4.69) is 18.9 Å². The zero-order chi connectivity index (χ0) is 11.1. The zero-order valence-electron chi connectivity index (χ0n) is 9.05. The number of hydrogen-bond acceptors (Lipinski definition) is 3. The fraction of sp³-hybridized carbons (Fsp3) is 0.700. The van der Waals surface area contributed by atoms with Crippen molar-refractivity contribution in [3.05, 3.63) is 18.0 Å². The molecule has 1 saturated carbocycles. The maximum Gasteiger partial charge on any atom is 0.256 e. The molecule has 1 heterocycles. The highest BCUT2D eigenvalue weighted by atomic mass is 32.2. The SMILES string of the molecule is CCC(C)c1cnn(S(=O)(=O)C2CC2)c1. The zero-order valence-corrected chi connectivity index (χ0v) is 9.87. The predicted molar refractivity (Wildman–Crippen MR) is 58.3 cm³/mol. The van der Waals surface area contributed by atoms with E-state index < -0.39 is 10.0 Å². The van der Waals surface area contributed by atoms with Gasteiger partial charge in [-0.15, -0.1) is 0 Å². The minimum absolute atomic E-state index is 0.192. The summed E-state index contributed by atoms with van der Waals surface area (Å²) in [6, 6.07) is 0. The molecule has 1 aromatic rings. The lowest BCUT2D eigenvalue weighted by molar-refractivity contribution is 0.578.